The molecule has 2 aliphatic heterocycles. The third-order valence-corrected chi connectivity index (χ3v) is 7.09. The summed E-state index contributed by atoms with van der Waals surface area (Å²) >= 11 is 0. The van der Waals surface area contributed by atoms with Gasteiger partial charge in [0, 0.05) is 19.2 Å². The molecule has 37 heavy (non-hydrogen) atoms. The van der Waals surface area contributed by atoms with E-state index in [0.29, 0.717) is 37.4 Å². The lowest BCUT2D eigenvalue weighted by molar-refractivity contribution is -0.169. The van der Waals surface area contributed by atoms with E-state index < -0.39 is 5.60 Å². The van der Waals surface area contributed by atoms with E-state index in [-0.39, 0.29) is 36.5 Å². The molecule has 1 aromatic heterocycles. The Morgan fingerprint density at radius 3 is 2.62 bits per heavy atom. The van der Waals surface area contributed by atoms with Gasteiger partial charge in [0.05, 0.1) is 19.7 Å². The topological polar surface area (TPSA) is 72.2 Å². The average Bonchev–Trinajstić information content (AvgIpc) is 3.41. The predicted octanol–water partition coefficient (Wildman–Crippen LogP) is 4.56. The minimum atomic E-state index is -1.12. The molecule has 1 saturated heterocycles. The zero-order valence-electron chi connectivity index (χ0n) is 21.0. The molecule has 2 aromatic carbocycles. The fraction of sp³-hybridized carbons (Fsp3) is 0.379. The Balaban J connectivity index is 1.33. The lowest BCUT2D eigenvalue weighted by Crippen LogP contribution is -2.61. The molecule has 2 amide bonds. The standard InChI is InChI=1S/C29H31FN2O5/c1-31-16-18-35-24-8-3-2-6-21(24)7-4-5-15-29(28(31)34)20-32(17-19-36-29)27(33)26-14-13-25(37-26)22-9-11-23(30)12-10-22/h2-3,6,8-14H,4-5,7,15-20H2,1H3. The molecule has 0 saturated carbocycles. The van der Waals surface area contributed by atoms with Crippen molar-refractivity contribution in [3.63, 3.8) is 0 Å². The third-order valence-electron chi connectivity index (χ3n) is 7.09. The Bertz CT molecular complexity index is 1260. The maximum Gasteiger partial charge on any atom is 0.289 e. The second-order valence-corrected chi connectivity index (χ2v) is 9.63. The van der Waals surface area contributed by atoms with E-state index in [1.54, 1.807) is 41.1 Å². The van der Waals surface area contributed by atoms with Gasteiger partial charge in [-0.1, -0.05) is 18.2 Å². The molecule has 0 bridgehead atoms. The van der Waals surface area contributed by atoms with E-state index in [2.05, 4.69) is 6.07 Å². The molecule has 5 rings (SSSR count). The van der Waals surface area contributed by atoms with Crippen LogP contribution in [0, 0.1) is 5.82 Å². The fourth-order valence-electron chi connectivity index (χ4n) is 5.04. The molecule has 0 radical (unpaired) electrons. The van der Waals surface area contributed by atoms with Gasteiger partial charge >= 0.3 is 0 Å². The van der Waals surface area contributed by atoms with Crippen molar-refractivity contribution in [2.24, 2.45) is 0 Å². The third kappa shape index (κ3) is 5.39. The summed E-state index contributed by atoms with van der Waals surface area (Å²) in [5.74, 6) is 0.739. The van der Waals surface area contributed by atoms with Crippen molar-refractivity contribution in [3.8, 4) is 17.1 Å². The van der Waals surface area contributed by atoms with Crippen molar-refractivity contribution in [1.82, 2.24) is 9.80 Å². The van der Waals surface area contributed by atoms with Crippen LogP contribution in [0.3, 0.4) is 0 Å². The van der Waals surface area contributed by atoms with Crippen molar-refractivity contribution in [2.75, 3.05) is 39.9 Å². The fourth-order valence-corrected chi connectivity index (χ4v) is 5.04. The lowest BCUT2D eigenvalue weighted by Gasteiger charge is -2.43. The number of hydrogen-bond acceptors (Lipinski definition) is 5. The molecule has 3 heterocycles. The molecule has 194 valence electrons. The number of nitrogens with zero attached hydrogens (tertiary/aromatic N) is 2. The number of ether oxygens (including phenoxy) is 2. The number of carbonyl (C=O) groups excluding carboxylic acids is 2. The number of fused-ring (bicyclic) bond motifs is 1. The number of morpholine rings is 1. The largest absolute Gasteiger partial charge is 0.491 e. The Labute approximate surface area is 215 Å². The number of para-hydroxylation sites is 1. The summed E-state index contributed by atoms with van der Waals surface area (Å²) in [5, 5.41) is 0. The van der Waals surface area contributed by atoms with Gasteiger partial charge in [-0.05, 0) is 73.7 Å². The molecular weight excluding hydrogens is 475 g/mol. The highest BCUT2D eigenvalue weighted by atomic mass is 19.1. The maximum absolute atomic E-state index is 13.7. The minimum absolute atomic E-state index is 0.145. The number of halogens is 1. The molecule has 0 aliphatic carbocycles. The number of furan rings is 1. The van der Waals surface area contributed by atoms with Crippen molar-refractivity contribution in [3.05, 3.63) is 77.8 Å². The lowest BCUT2D eigenvalue weighted by atomic mass is 9.91. The molecular formula is C29H31FN2O5. The smallest absolute Gasteiger partial charge is 0.289 e. The highest BCUT2D eigenvalue weighted by molar-refractivity contribution is 5.93. The molecule has 1 unspecified atom stereocenters. The molecule has 2 aliphatic rings. The number of likely N-dealkylation sites (N-methyl/N-ethyl adjacent to an activating group) is 1. The second kappa shape index (κ2) is 10.8. The first-order valence-electron chi connectivity index (χ1n) is 12.7. The summed E-state index contributed by atoms with van der Waals surface area (Å²) in [7, 11) is 1.75. The zero-order valence-corrected chi connectivity index (χ0v) is 21.0. The van der Waals surface area contributed by atoms with E-state index in [1.807, 2.05) is 18.2 Å². The van der Waals surface area contributed by atoms with Crippen molar-refractivity contribution in [1.29, 1.82) is 0 Å². The van der Waals surface area contributed by atoms with Crippen LogP contribution in [-0.2, 0) is 16.0 Å². The van der Waals surface area contributed by atoms with Crippen LogP contribution >= 0.6 is 0 Å². The van der Waals surface area contributed by atoms with Crippen LogP contribution in [-0.4, -0.2) is 67.1 Å². The summed E-state index contributed by atoms with van der Waals surface area (Å²) < 4.78 is 31.3. The van der Waals surface area contributed by atoms with Crippen LogP contribution in [0.4, 0.5) is 4.39 Å². The Hall–Kier alpha value is -3.65. The molecule has 7 nitrogen and oxygen atoms in total. The van der Waals surface area contributed by atoms with Gasteiger partial charge in [-0.15, -0.1) is 0 Å². The first-order valence-corrected chi connectivity index (χ1v) is 12.7. The van der Waals surface area contributed by atoms with Crippen LogP contribution in [0.25, 0.3) is 11.3 Å². The minimum Gasteiger partial charge on any atom is -0.491 e. The van der Waals surface area contributed by atoms with Gasteiger partial charge in [0.15, 0.2) is 11.4 Å². The van der Waals surface area contributed by atoms with E-state index in [0.717, 1.165) is 30.6 Å². The molecule has 1 atom stereocenters. The quantitative estimate of drug-likeness (QED) is 0.510. The van der Waals surface area contributed by atoms with Gasteiger partial charge in [-0.2, -0.15) is 0 Å². The number of amides is 2. The molecule has 8 heteroatoms. The van der Waals surface area contributed by atoms with Crippen LogP contribution in [0.2, 0.25) is 0 Å². The predicted molar refractivity (Wildman–Crippen MR) is 136 cm³/mol. The SMILES string of the molecule is CN1CCOc2ccccc2CCCCC2(CN(C(=O)c3ccc(-c4ccc(F)cc4)o3)CCO2)C1=O. The van der Waals surface area contributed by atoms with Crippen LogP contribution in [0.15, 0.2) is 65.1 Å². The monoisotopic (exact) mass is 506 g/mol. The van der Waals surface area contributed by atoms with E-state index in [9.17, 15) is 14.0 Å². The molecule has 1 fully saturated rings. The summed E-state index contributed by atoms with van der Waals surface area (Å²) in [4.78, 5) is 30.3. The van der Waals surface area contributed by atoms with Crippen molar-refractivity contribution >= 4 is 11.8 Å². The normalized spacial score (nSPS) is 21.1. The molecule has 1 spiro atoms. The van der Waals surface area contributed by atoms with Gasteiger partial charge in [0.25, 0.3) is 11.8 Å². The second-order valence-electron chi connectivity index (χ2n) is 9.63. The highest BCUT2D eigenvalue weighted by Gasteiger charge is 2.46. The van der Waals surface area contributed by atoms with Gasteiger partial charge in [0.1, 0.15) is 23.9 Å². The van der Waals surface area contributed by atoms with E-state index in [1.165, 1.54) is 12.1 Å². The summed E-state index contributed by atoms with van der Waals surface area (Å²) in [6.07, 6.45) is 3.00. The highest BCUT2D eigenvalue weighted by Crippen LogP contribution is 2.31. The Kier molecular flexibility index (Phi) is 7.28. The Morgan fingerprint density at radius 2 is 1.78 bits per heavy atom. The zero-order chi connectivity index (χ0) is 25.8. The number of carbonyl (C=O) groups is 2. The first-order chi connectivity index (χ1) is 17.9. The number of hydrogen-bond donors (Lipinski definition) is 0. The van der Waals surface area contributed by atoms with Crippen molar-refractivity contribution < 1.29 is 27.9 Å². The molecule has 3 aromatic rings. The number of aryl methyl sites for hydroxylation is 1. The van der Waals surface area contributed by atoms with Crippen LogP contribution in [0.5, 0.6) is 5.75 Å². The average molecular weight is 507 g/mol. The van der Waals surface area contributed by atoms with Crippen LogP contribution in [0.1, 0.15) is 35.4 Å². The van der Waals surface area contributed by atoms with Crippen molar-refractivity contribution in [2.45, 2.75) is 31.3 Å². The Morgan fingerprint density at radius 1 is 0.973 bits per heavy atom. The van der Waals surface area contributed by atoms with E-state index >= 15 is 0 Å². The molecule has 0 N–H and O–H groups in total. The van der Waals surface area contributed by atoms with Gasteiger partial charge in [-0.25, -0.2) is 4.39 Å². The van der Waals surface area contributed by atoms with E-state index in [4.69, 9.17) is 13.9 Å². The first kappa shape index (κ1) is 25.0. The van der Waals surface area contributed by atoms with Gasteiger partial charge in [-0.3, -0.25) is 9.59 Å². The summed E-state index contributed by atoms with van der Waals surface area (Å²) in [6.45, 7) is 1.55. The van der Waals surface area contributed by atoms with Gasteiger partial charge < -0.3 is 23.7 Å². The maximum atomic E-state index is 13.7. The number of rotatable bonds is 2. The summed E-state index contributed by atoms with van der Waals surface area (Å²) in [6, 6.07) is 17.2. The van der Waals surface area contributed by atoms with Crippen LogP contribution < -0.4 is 4.74 Å². The number of benzene rings is 2. The van der Waals surface area contributed by atoms with Gasteiger partial charge in [0.2, 0.25) is 0 Å². The summed E-state index contributed by atoms with van der Waals surface area (Å²) in [5.41, 5.74) is 0.717.